The molecule has 2 rings (SSSR count). The van der Waals surface area contributed by atoms with Gasteiger partial charge in [-0.15, -0.1) is 0 Å². The van der Waals surface area contributed by atoms with Crippen LogP contribution in [0.2, 0.25) is 0 Å². The maximum absolute atomic E-state index is 12.1. The van der Waals surface area contributed by atoms with E-state index in [2.05, 4.69) is 11.8 Å². The molecule has 20 heavy (non-hydrogen) atoms. The van der Waals surface area contributed by atoms with E-state index in [0.29, 0.717) is 24.1 Å². The standard InChI is InChI=1S/C16H17NO3/c1-12-9-13(5-4-8-18)11-14(10-12)17-15(19)6-2-3-7-16(17)20/h9-11,18H,2-3,6-8H2,1H3. The van der Waals surface area contributed by atoms with Gasteiger partial charge in [0.25, 0.3) is 0 Å². The fourth-order valence-electron chi connectivity index (χ4n) is 2.31. The van der Waals surface area contributed by atoms with Gasteiger partial charge >= 0.3 is 0 Å². The molecule has 0 aromatic heterocycles. The van der Waals surface area contributed by atoms with Crippen LogP contribution in [-0.2, 0) is 9.59 Å². The SMILES string of the molecule is Cc1cc(C#CCO)cc(N2C(=O)CCCCC2=O)c1. The van der Waals surface area contributed by atoms with Crippen LogP contribution in [0.3, 0.4) is 0 Å². The van der Waals surface area contributed by atoms with Crippen LogP contribution in [0, 0.1) is 18.8 Å². The molecule has 1 aromatic carbocycles. The highest BCUT2D eigenvalue weighted by Crippen LogP contribution is 2.24. The van der Waals surface area contributed by atoms with Crippen molar-refractivity contribution in [2.45, 2.75) is 32.6 Å². The highest BCUT2D eigenvalue weighted by Gasteiger charge is 2.25. The fourth-order valence-corrected chi connectivity index (χ4v) is 2.31. The van der Waals surface area contributed by atoms with E-state index >= 15 is 0 Å². The van der Waals surface area contributed by atoms with Gasteiger partial charge in [0.2, 0.25) is 11.8 Å². The minimum Gasteiger partial charge on any atom is -0.384 e. The number of carbonyl (C=O) groups excluding carboxylic acids is 2. The van der Waals surface area contributed by atoms with E-state index in [4.69, 9.17) is 5.11 Å². The summed E-state index contributed by atoms with van der Waals surface area (Å²) in [5.41, 5.74) is 2.19. The van der Waals surface area contributed by atoms with Crippen molar-refractivity contribution in [1.29, 1.82) is 0 Å². The second kappa shape index (κ2) is 6.36. The molecule has 1 heterocycles. The van der Waals surface area contributed by atoms with Crippen molar-refractivity contribution in [1.82, 2.24) is 0 Å². The number of benzene rings is 1. The van der Waals surface area contributed by atoms with Crippen LogP contribution < -0.4 is 4.90 Å². The monoisotopic (exact) mass is 271 g/mol. The lowest BCUT2D eigenvalue weighted by molar-refractivity contribution is -0.125. The van der Waals surface area contributed by atoms with Crippen LogP contribution in [0.4, 0.5) is 5.69 Å². The smallest absolute Gasteiger partial charge is 0.233 e. The summed E-state index contributed by atoms with van der Waals surface area (Å²) in [7, 11) is 0. The van der Waals surface area contributed by atoms with Gasteiger partial charge in [0.15, 0.2) is 0 Å². The largest absolute Gasteiger partial charge is 0.384 e. The summed E-state index contributed by atoms with van der Waals surface area (Å²) in [5, 5.41) is 8.74. The van der Waals surface area contributed by atoms with E-state index in [1.165, 1.54) is 4.90 Å². The minimum absolute atomic E-state index is 0.154. The van der Waals surface area contributed by atoms with E-state index < -0.39 is 0 Å². The van der Waals surface area contributed by atoms with E-state index in [-0.39, 0.29) is 18.4 Å². The van der Waals surface area contributed by atoms with Gasteiger partial charge in [-0.05, 0) is 43.5 Å². The third kappa shape index (κ3) is 3.25. The highest BCUT2D eigenvalue weighted by molar-refractivity contribution is 6.15. The molecule has 0 saturated carbocycles. The summed E-state index contributed by atoms with van der Waals surface area (Å²) >= 11 is 0. The number of amides is 2. The Morgan fingerprint density at radius 2 is 1.80 bits per heavy atom. The Kier molecular flexibility index (Phi) is 4.54. The molecule has 0 radical (unpaired) electrons. The number of aliphatic hydroxyl groups is 1. The third-order valence-corrected chi connectivity index (χ3v) is 3.16. The molecule has 0 unspecified atom stereocenters. The molecule has 1 N–H and O–H groups in total. The van der Waals surface area contributed by atoms with Crippen molar-refractivity contribution >= 4 is 17.5 Å². The molecule has 1 aromatic rings. The number of anilines is 1. The summed E-state index contributed by atoms with van der Waals surface area (Å²) in [4.78, 5) is 25.4. The summed E-state index contributed by atoms with van der Waals surface area (Å²) in [5.74, 6) is 5.08. The maximum atomic E-state index is 12.1. The topological polar surface area (TPSA) is 57.6 Å². The summed E-state index contributed by atoms with van der Waals surface area (Å²) in [6.07, 6.45) is 2.31. The number of carbonyl (C=O) groups is 2. The quantitative estimate of drug-likeness (QED) is 0.625. The van der Waals surface area contributed by atoms with Crippen LogP contribution in [0.1, 0.15) is 36.8 Å². The molecule has 1 aliphatic rings. The van der Waals surface area contributed by atoms with Gasteiger partial charge in [0, 0.05) is 18.4 Å². The summed E-state index contributed by atoms with van der Waals surface area (Å²) in [6, 6.07) is 5.39. The maximum Gasteiger partial charge on any atom is 0.233 e. The highest BCUT2D eigenvalue weighted by atomic mass is 16.2. The molecule has 104 valence electrons. The van der Waals surface area contributed by atoms with Gasteiger partial charge in [0.05, 0.1) is 5.69 Å². The van der Waals surface area contributed by atoms with Gasteiger partial charge < -0.3 is 5.11 Å². The first-order chi connectivity index (χ1) is 9.61. The van der Waals surface area contributed by atoms with Crippen LogP contribution >= 0.6 is 0 Å². The lowest BCUT2D eigenvalue weighted by atomic mass is 10.1. The number of aryl methyl sites for hydroxylation is 1. The molecule has 4 heteroatoms. The Balaban J connectivity index is 2.42. The van der Waals surface area contributed by atoms with Crippen LogP contribution in [0.15, 0.2) is 18.2 Å². The molecule has 0 atom stereocenters. The molecule has 1 fully saturated rings. The van der Waals surface area contributed by atoms with Gasteiger partial charge in [-0.25, -0.2) is 0 Å². The van der Waals surface area contributed by atoms with Crippen molar-refractivity contribution in [2.75, 3.05) is 11.5 Å². The van der Waals surface area contributed by atoms with Gasteiger partial charge in [-0.1, -0.05) is 11.8 Å². The predicted molar refractivity (Wildman–Crippen MR) is 76.1 cm³/mol. The van der Waals surface area contributed by atoms with E-state index in [0.717, 1.165) is 18.4 Å². The van der Waals surface area contributed by atoms with Crippen molar-refractivity contribution < 1.29 is 14.7 Å². The summed E-state index contributed by atoms with van der Waals surface area (Å²) in [6.45, 7) is 1.67. The second-order valence-corrected chi connectivity index (χ2v) is 4.85. The normalized spacial score (nSPS) is 15.6. The first-order valence-corrected chi connectivity index (χ1v) is 6.69. The Labute approximate surface area is 118 Å². The lowest BCUT2D eigenvalue weighted by Gasteiger charge is -2.19. The van der Waals surface area contributed by atoms with Crippen molar-refractivity contribution in [3.8, 4) is 11.8 Å². The Bertz CT molecular complexity index is 577. The third-order valence-electron chi connectivity index (χ3n) is 3.16. The lowest BCUT2D eigenvalue weighted by Crippen LogP contribution is -2.35. The van der Waals surface area contributed by atoms with E-state index in [9.17, 15) is 9.59 Å². The number of rotatable bonds is 1. The Morgan fingerprint density at radius 1 is 1.15 bits per heavy atom. The molecule has 4 nitrogen and oxygen atoms in total. The van der Waals surface area contributed by atoms with E-state index in [1.807, 2.05) is 19.1 Å². The molecule has 0 aliphatic carbocycles. The van der Waals surface area contributed by atoms with Crippen molar-refractivity contribution in [3.63, 3.8) is 0 Å². The molecule has 2 amide bonds. The molecular weight excluding hydrogens is 254 g/mol. The Morgan fingerprint density at radius 3 is 2.40 bits per heavy atom. The predicted octanol–water partition coefficient (Wildman–Crippen LogP) is 1.77. The first kappa shape index (κ1) is 14.3. The van der Waals surface area contributed by atoms with Gasteiger partial charge in [-0.3, -0.25) is 14.5 Å². The zero-order valence-electron chi connectivity index (χ0n) is 11.5. The van der Waals surface area contributed by atoms with Crippen molar-refractivity contribution in [3.05, 3.63) is 29.3 Å². The molecule has 0 spiro atoms. The van der Waals surface area contributed by atoms with Gasteiger partial charge in [-0.2, -0.15) is 0 Å². The minimum atomic E-state index is -0.217. The molecule has 1 saturated heterocycles. The molecule has 0 bridgehead atoms. The van der Waals surface area contributed by atoms with Crippen LogP contribution in [0.25, 0.3) is 0 Å². The van der Waals surface area contributed by atoms with Crippen LogP contribution in [0.5, 0.6) is 0 Å². The number of nitrogens with zero attached hydrogens (tertiary/aromatic N) is 1. The van der Waals surface area contributed by atoms with Crippen molar-refractivity contribution in [2.24, 2.45) is 0 Å². The first-order valence-electron chi connectivity index (χ1n) is 6.69. The molecular formula is C16H17NO3. The number of aliphatic hydroxyl groups excluding tert-OH is 1. The zero-order valence-corrected chi connectivity index (χ0v) is 11.5. The Hall–Kier alpha value is -2.12. The number of hydrogen-bond acceptors (Lipinski definition) is 3. The average Bonchev–Trinajstić information content (AvgIpc) is 2.57. The second-order valence-electron chi connectivity index (χ2n) is 4.85. The van der Waals surface area contributed by atoms with Gasteiger partial charge in [0.1, 0.15) is 6.61 Å². The summed E-state index contributed by atoms with van der Waals surface area (Å²) < 4.78 is 0. The fraction of sp³-hybridized carbons (Fsp3) is 0.375. The zero-order chi connectivity index (χ0) is 14.5. The van der Waals surface area contributed by atoms with E-state index in [1.54, 1.807) is 6.07 Å². The molecule has 1 aliphatic heterocycles. The number of hydrogen-bond donors (Lipinski definition) is 1. The van der Waals surface area contributed by atoms with Crippen LogP contribution in [-0.4, -0.2) is 23.5 Å². The number of imide groups is 1. The average molecular weight is 271 g/mol.